The third kappa shape index (κ3) is 2.89. The highest BCUT2D eigenvalue weighted by Gasteiger charge is 2.10. The van der Waals surface area contributed by atoms with E-state index < -0.39 is 0 Å². The van der Waals surface area contributed by atoms with Crippen molar-refractivity contribution >= 4 is 11.3 Å². The molecule has 5 heteroatoms. The molecule has 0 fully saturated rings. The molecule has 3 aromatic rings. The van der Waals surface area contributed by atoms with Gasteiger partial charge in [-0.3, -0.25) is 4.98 Å². The lowest BCUT2D eigenvalue weighted by atomic mass is 10.1. The molecule has 1 aromatic carbocycles. The molecule has 2 heterocycles. The van der Waals surface area contributed by atoms with Crippen LogP contribution in [-0.4, -0.2) is 17.0 Å². The Morgan fingerprint density at radius 3 is 2.77 bits per heavy atom. The van der Waals surface area contributed by atoms with Crippen LogP contribution in [0.2, 0.25) is 0 Å². The number of hydrogen-bond donors (Lipinski definition) is 1. The summed E-state index contributed by atoms with van der Waals surface area (Å²) in [7, 11) is 1.92. The predicted octanol–water partition coefficient (Wildman–Crippen LogP) is 3.46. The van der Waals surface area contributed by atoms with Crippen LogP contribution in [0.25, 0.3) is 21.8 Å². The van der Waals surface area contributed by atoms with E-state index in [0.29, 0.717) is 5.56 Å². The van der Waals surface area contributed by atoms with E-state index >= 15 is 0 Å². The summed E-state index contributed by atoms with van der Waals surface area (Å²) in [5.74, 6) is 0. The van der Waals surface area contributed by atoms with Crippen LogP contribution < -0.4 is 5.32 Å². The van der Waals surface area contributed by atoms with Gasteiger partial charge in [-0.05, 0) is 30.8 Å². The van der Waals surface area contributed by atoms with Gasteiger partial charge < -0.3 is 5.32 Å². The van der Waals surface area contributed by atoms with E-state index in [1.165, 1.54) is 5.56 Å². The summed E-state index contributed by atoms with van der Waals surface area (Å²) >= 11 is 1.60. The van der Waals surface area contributed by atoms with E-state index in [0.717, 1.165) is 28.4 Å². The van der Waals surface area contributed by atoms with Gasteiger partial charge in [-0.1, -0.05) is 12.1 Å². The van der Waals surface area contributed by atoms with E-state index in [2.05, 4.69) is 16.4 Å². The average molecular weight is 306 g/mol. The maximum Gasteiger partial charge on any atom is 0.125 e. The Morgan fingerprint density at radius 2 is 2.05 bits per heavy atom. The van der Waals surface area contributed by atoms with Gasteiger partial charge in [0.15, 0.2) is 0 Å². The lowest BCUT2D eigenvalue weighted by Crippen LogP contribution is -2.06. The molecule has 3 rings (SSSR count). The van der Waals surface area contributed by atoms with Crippen LogP contribution in [0, 0.1) is 11.3 Å². The molecule has 1 N–H and O–H groups in total. The largest absolute Gasteiger partial charge is 0.316 e. The van der Waals surface area contributed by atoms with Gasteiger partial charge in [0.1, 0.15) is 5.01 Å². The summed E-state index contributed by atoms with van der Waals surface area (Å²) < 4.78 is 0. The fourth-order valence-corrected chi connectivity index (χ4v) is 3.08. The van der Waals surface area contributed by atoms with Gasteiger partial charge in [0.2, 0.25) is 0 Å². The van der Waals surface area contributed by atoms with Gasteiger partial charge in [0, 0.05) is 35.4 Å². The zero-order valence-corrected chi connectivity index (χ0v) is 12.9. The van der Waals surface area contributed by atoms with Crippen molar-refractivity contribution in [1.82, 2.24) is 15.3 Å². The first kappa shape index (κ1) is 14.4. The second-order valence-electron chi connectivity index (χ2n) is 4.79. The SMILES string of the molecule is CNCc1ccncc1-c1nc(-c2ccc(C#N)cc2)cs1. The molecule has 0 aliphatic carbocycles. The zero-order chi connectivity index (χ0) is 15.4. The minimum atomic E-state index is 0.655. The predicted molar refractivity (Wildman–Crippen MR) is 88.3 cm³/mol. The van der Waals surface area contributed by atoms with Crippen LogP contribution >= 0.6 is 11.3 Å². The Labute approximate surface area is 133 Å². The zero-order valence-electron chi connectivity index (χ0n) is 12.1. The van der Waals surface area contributed by atoms with Crippen molar-refractivity contribution in [1.29, 1.82) is 5.26 Å². The molecule has 0 atom stereocenters. The lowest BCUT2D eigenvalue weighted by Gasteiger charge is -2.05. The minimum absolute atomic E-state index is 0.655. The number of aromatic nitrogens is 2. The van der Waals surface area contributed by atoms with Crippen LogP contribution in [0.3, 0.4) is 0 Å². The highest BCUT2D eigenvalue weighted by Crippen LogP contribution is 2.30. The van der Waals surface area contributed by atoms with Crippen molar-refractivity contribution < 1.29 is 0 Å². The van der Waals surface area contributed by atoms with E-state index in [4.69, 9.17) is 10.2 Å². The molecule has 0 radical (unpaired) electrons. The Balaban J connectivity index is 1.95. The lowest BCUT2D eigenvalue weighted by molar-refractivity contribution is 0.817. The van der Waals surface area contributed by atoms with Crippen LogP contribution in [0.15, 0.2) is 48.1 Å². The van der Waals surface area contributed by atoms with E-state index in [9.17, 15) is 0 Å². The van der Waals surface area contributed by atoms with E-state index in [1.807, 2.05) is 49.0 Å². The molecule has 108 valence electrons. The number of benzene rings is 1. The molecule has 0 bridgehead atoms. The highest BCUT2D eigenvalue weighted by molar-refractivity contribution is 7.13. The van der Waals surface area contributed by atoms with Crippen LogP contribution in [-0.2, 0) is 6.54 Å². The van der Waals surface area contributed by atoms with Crippen molar-refractivity contribution in [2.75, 3.05) is 7.05 Å². The van der Waals surface area contributed by atoms with Gasteiger partial charge in [-0.2, -0.15) is 5.26 Å². The maximum atomic E-state index is 8.86. The monoisotopic (exact) mass is 306 g/mol. The summed E-state index contributed by atoms with van der Waals surface area (Å²) in [5, 5.41) is 15.0. The smallest absolute Gasteiger partial charge is 0.125 e. The van der Waals surface area contributed by atoms with Crippen molar-refractivity contribution in [2.45, 2.75) is 6.54 Å². The summed E-state index contributed by atoms with van der Waals surface area (Å²) in [6.45, 7) is 0.781. The number of thiazole rings is 1. The quantitative estimate of drug-likeness (QED) is 0.802. The van der Waals surface area contributed by atoms with Crippen molar-refractivity contribution in [3.8, 4) is 27.9 Å². The molecular formula is C17H14N4S. The molecule has 0 aliphatic heterocycles. The number of nitriles is 1. The van der Waals surface area contributed by atoms with Gasteiger partial charge in [0.05, 0.1) is 17.3 Å². The van der Waals surface area contributed by atoms with Gasteiger partial charge in [-0.25, -0.2) is 4.98 Å². The number of hydrogen-bond acceptors (Lipinski definition) is 5. The summed E-state index contributed by atoms with van der Waals surface area (Å²) in [5.41, 5.74) is 4.83. The number of nitrogens with zero attached hydrogens (tertiary/aromatic N) is 3. The molecule has 0 amide bonds. The summed E-state index contributed by atoms with van der Waals surface area (Å²) in [6, 6.07) is 11.6. The first-order chi connectivity index (χ1) is 10.8. The van der Waals surface area contributed by atoms with Crippen LogP contribution in [0.4, 0.5) is 0 Å². The molecule has 0 unspecified atom stereocenters. The van der Waals surface area contributed by atoms with Gasteiger partial charge in [-0.15, -0.1) is 11.3 Å². The van der Waals surface area contributed by atoms with Crippen molar-refractivity contribution in [3.05, 3.63) is 59.2 Å². The third-order valence-corrected chi connectivity index (χ3v) is 4.20. The van der Waals surface area contributed by atoms with E-state index in [1.54, 1.807) is 17.5 Å². The molecular weight excluding hydrogens is 292 g/mol. The second-order valence-corrected chi connectivity index (χ2v) is 5.65. The minimum Gasteiger partial charge on any atom is -0.316 e. The highest BCUT2D eigenvalue weighted by atomic mass is 32.1. The van der Waals surface area contributed by atoms with Crippen molar-refractivity contribution in [3.63, 3.8) is 0 Å². The molecule has 4 nitrogen and oxygen atoms in total. The summed E-state index contributed by atoms with van der Waals surface area (Å²) in [6.07, 6.45) is 3.65. The normalized spacial score (nSPS) is 10.4. The van der Waals surface area contributed by atoms with Crippen LogP contribution in [0.1, 0.15) is 11.1 Å². The topological polar surface area (TPSA) is 61.6 Å². The number of rotatable bonds is 4. The average Bonchev–Trinajstić information content (AvgIpc) is 3.05. The fourth-order valence-electron chi connectivity index (χ4n) is 2.21. The molecule has 0 saturated carbocycles. The standard InChI is InChI=1S/C17H14N4S/c1-19-9-14-6-7-20-10-15(14)17-21-16(11-22-17)13-4-2-12(8-18)3-5-13/h2-7,10-11,19H,9H2,1H3. The molecule has 22 heavy (non-hydrogen) atoms. The fraction of sp³-hybridized carbons (Fsp3) is 0.118. The van der Waals surface area contributed by atoms with Crippen LogP contribution in [0.5, 0.6) is 0 Å². The summed E-state index contributed by atoms with van der Waals surface area (Å²) in [4.78, 5) is 8.93. The first-order valence-electron chi connectivity index (χ1n) is 6.85. The molecule has 0 aliphatic rings. The molecule has 0 saturated heterocycles. The number of pyridine rings is 1. The Morgan fingerprint density at radius 1 is 1.23 bits per heavy atom. The van der Waals surface area contributed by atoms with Gasteiger partial charge >= 0.3 is 0 Å². The van der Waals surface area contributed by atoms with E-state index in [-0.39, 0.29) is 0 Å². The van der Waals surface area contributed by atoms with Crippen molar-refractivity contribution in [2.24, 2.45) is 0 Å². The second kappa shape index (κ2) is 6.48. The first-order valence-corrected chi connectivity index (χ1v) is 7.73. The Bertz CT molecular complexity index is 815. The molecule has 0 spiro atoms. The Hall–Kier alpha value is -2.55. The third-order valence-electron chi connectivity index (χ3n) is 3.32. The maximum absolute atomic E-state index is 8.86. The Kier molecular flexibility index (Phi) is 4.24. The van der Waals surface area contributed by atoms with Gasteiger partial charge in [0.25, 0.3) is 0 Å². The molecule has 2 aromatic heterocycles. The number of nitrogens with one attached hydrogen (secondary N) is 1.